The molecule has 1 aliphatic carbocycles. The van der Waals surface area contributed by atoms with Crippen molar-refractivity contribution in [2.75, 3.05) is 17.2 Å². The molecular formula is C14H24N4. The highest BCUT2D eigenvalue weighted by molar-refractivity contribution is 5.46. The van der Waals surface area contributed by atoms with Crippen LogP contribution in [0, 0.1) is 5.92 Å². The summed E-state index contributed by atoms with van der Waals surface area (Å²) in [6, 6.07) is 2.48. The minimum absolute atomic E-state index is 0.495. The number of aromatic nitrogens is 2. The first-order chi connectivity index (χ1) is 8.79. The maximum Gasteiger partial charge on any atom is 0.131 e. The molecule has 1 heterocycles. The van der Waals surface area contributed by atoms with Gasteiger partial charge in [0.1, 0.15) is 18.0 Å². The van der Waals surface area contributed by atoms with E-state index in [1.807, 2.05) is 6.07 Å². The summed E-state index contributed by atoms with van der Waals surface area (Å²) in [7, 11) is 0. The van der Waals surface area contributed by atoms with Crippen LogP contribution in [0.2, 0.25) is 0 Å². The number of nitrogens with zero attached hydrogens (tertiary/aromatic N) is 2. The molecule has 1 aliphatic rings. The minimum atomic E-state index is 0.495. The van der Waals surface area contributed by atoms with Gasteiger partial charge >= 0.3 is 0 Å². The molecule has 0 aliphatic heterocycles. The van der Waals surface area contributed by atoms with Crippen molar-refractivity contribution in [3.05, 3.63) is 12.4 Å². The normalized spacial score (nSPS) is 18.3. The predicted octanol–water partition coefficient (Wildman–Crippen LogP) is 3.29. The smallest absolute Gasteiger partial charge is 0.131 e. The summed E-state index contributed by atoms with van der Waals surface area (Å²) in [4.78, 5) is 8.48. The van der Waals surface area contributed by atoms with E-state index in [4.69, 9.17) is 0 Å². The minimum Gasteiger partial charge on any atom is -0.370 e. The van der Waals surface area contributed by atoms with E-state index in [-0.39, 0.29) is 0 Å². The van der Waals surface area contributed by atoms with Crippen LogP contribution in [-0.2, 0) is 0 Å². The lowest BCUT2D eigenvalue weighted by Gasteiger charge is -2.28. The summed E-state index contributed by atoms with van der Waals surface area (Å²) >= 11 is 0. The first kappa shape index (κ1) is 13.1. The Labute approximate surface area is 110 Å². The van der Waals surface area contributed by atoms with Crippen LogP contribution in [0.1, 0.15) is 46.0 Å². The van der Waals surface area contributed by atoms with E-state index in [0.29, 0.717) is 6.04 Å². The molecule has 18 heavy (non-hydrogen) atoms. The van der Waals surface area contributed by atoms with Crippen molar-refractivity contribution in [3.8, 4) is 0 Å². The maximum atomic E-state index is 4.29. The lowest BCUT2D eigenvalue weighted by molar-refractivity contribution is 0.328. The van der Waals surface area contributed by atoms with E-state index >= 15 is 0 Å². The van der Waals surface area contributed by atoms with Gasteiger partial charge in [0, 0.05) is 18.7 Å². The van der Waals surface area contributed by atoms with E-state index in [0.717, 1.165) is 24.1 Å². The zero-order valence-electron chi connectivity index (χ0n) is 11.4. The van der Waals surface area contributed by atoms with Gasteiger partial charge in [-0.3, -0.25) is 0 Å². The lowest BCUT2D eigenvalue weighted by Crippen LogP contribution is -2.28. The molecule has 4 heteroatoms. The summed E-state index contributed by atoms with van der Waals surface area (Å²) in [5.74, 6) is 2.61. The van der Waals surface area contributed by atoms with Crippen LogP contribution in [0.5, 0.6) is 0 Å². The van der Waals surface area contributed by atoms with Crippen molar-refractivity contribution in [3.63, 3.8) is 0 Å². The highest BCUT2D eigenvalue weighted by Gasteiger charge is 2.20. The van der Waals surface area contributed by atoms with Gasteiger partial charge in [-0.05, 0) is 32.6 Å². The Bertz CT molecular complexity index is 361. The first-order valence-electron chi connectivity index (χ1n) is 7.12. The molecule has 1 aromatic heterocycles. The topological polar surface area (TPSA) is 49.8 Å². The van der Waals surface area contributed by atoms with Crippen molar-refractivity contribution in [1.29, 1.82) is 0 Å². The Balaban J connectivity index is 1.93. The molecule has 1 atom stereocenters. The quantitative estimate of drug-likeness (QED) is 0.839. The number of nitrogens with one attached hydrogen (secondary N) is 2. The zero-order valence-corrected chi connectivity index (χ0v) is 11.4. The molecule has 0 saturated heterocycles. The van der Waals surface area contributed by atoms with Crippen molar-refractivity contribution < 1.29 is 0 Å². The summed E-state index contributed by atoms with van der Waals surface area (Å²) in [5.41, 5.74) is 0. The van der Waals surface area contributed by atoms with Crippen LogP contribution in [0.4, 0.5) is 11.6 Å². The van der Waals surface area contributed by atoms with E-state index in [1.165, 1.54) is 32.1 Å². The molecule has 1 aromatic rings. The predicted molar refractivity (Wildman–Crippen MR) is 75.9 cm³/mol. The Morgan fingerprint density at radius 3 is 2.67 bits per heavy atom. The summed E-state index contributed by atoms with van der Waals surface area (Å²) in [6.07, 6.45) is 8.47. The summed E-state index contributed by atoms with van der Waals surface area (Å²) in [6.45, 7) is 5.22. The summed E-state index contributed by atoms with van der Waals surface area (Å²) < 4.78 is 0. The van der Waals surface area contributed by atoms with Crippen molar-refractivity contribution in [2.24, 2.45) is 5.92 Å². The first-order valence-corrected chi connectivity index (χ1v) is 7.12. The van der Waals surface area contributed by atoms with Gasteiger partial charge in [-0.2, -0.15) is 0 Å². The number of hydrogen-bond acceptors (Lipinski definition) is 4. The lowest BCUT2D eigenvalue weighted by atomic mass is 9.84. The Hall–Kier alpha value is -1.32. The average molecular weight is 248 g/mol. The number of anilines is 2. The molecule has 0 aromatic carbocycles. The van der Waals surface area contributed by atoms with Gasteiger partial charge in [-0.25, -0.2) is 9.97 Å². The Morgan fingerprint density at radius 2 is 1.94 bits per heavy atom. The molecule has 0 radical (unpaired) electrons. The molecule has 2 rings (SSSR count). The molecular weight excluding hydrogens is 224 g/mol. The second-order valence-corrected chi connectivity index (χ2v) is 5.15. The van der Waals surface area contributed by atoms with Gasteiger partial charge in [-0.1, -0.05) is 19.3 Å². The van der Waals surface area contributed by atoms with Crippen molar-refractivity contribution >= 4 is 11.6 Å². The van der Waals surface area contributed by atoms with Crippen LogP contribution >= 0.6 is 0 Å². The highest BCUT2D eigenvalue weighted by atomic mass is 15.1. The summed E-state index contributed by atoms with van der Waals surface area (Å²) in [5, 5.41) is 6.73. The van der Waals surface area contributed by atoms with Crippen LogP contribution in [0.25, 0.3) is 0 Å². The highest BCUT2D eigenvalue weighted by Crippen LogP contribution is 2.27. The zero-order chi connectivity index (χ0) is 12.8. The van der Waals surface area contributed by atoms with E-state index in [9.17, 15) is 0 Å². The van der Waals surface area contributed by atoms with Gasteiger partial charge in [0.25, 0.3) is 0 Å². The van der Waals surface area contributed by atoms with Gasteiger partial charge in [-0.15, -0.1) is 0 Å². The molecule has 100 valence electrons. The fraction of sp³-hybridized carbons (Fsp3) is 0.714. The third-order valence-electron chi connectivity index (χ3n) is 3.76. The standard InChI is InChI=1S/C14H24N4/c1-3-15-13-9-14(17-10-16-13)18-11(2)12-7-5-4-6-8-12/h9-12H,3-8H2,1-2H3,(H2,15,16,17,18). The molecule has 0 bridgehead atoms. The van der Waals surface area contributed by atoms with Crippen LogP contribution in [0.3, 0.4) is 0 Å². The van der Waals surface area contributed by atoms with Crippen LogP contribution < -0.4 is 10.6 Å². The largest absolute Gasteiger partial charge is 0.370 e. The molecule has 1 saturated carbocycles. The fourth-order valence-corrected chi connectivity index (χ4v) is 2.70. The van der Waals surface area contributed by atoms with Gasteiger partial charge < -0.3 is 10.6 Å². The van der Waals surface area contributed by atoms with E-state index in [2.05, 4.69) is 34.4 Å². The molecule has 1 fully saturated rings. The maximum absolute atomic E-state index is 4.29. The second-order valence-electron chi connectivity index (χ2n) is 5.15. The van der Waals surface area contributed by atoms with E-state index in [1.54, 1.807) is 6.33 Å². The fourth-order valence-electron chi connectivity index (χ4n) is 2.70. The third kappa shape index (κ3) is 3.59. The average Bonchev–Trinajstić information content (AvgIpc) is 2.40. The van der Waals surface area contributed by atoms with Crippen LogP contribution in [0.15, 0.2) is 12.4 Å². The van der Waals surface area contributed by atoms with Gasteiger partial charge in [0.2, 0.25) is 0 Å². The van der Waals surface area contributed by atoms with Gasteiger partial charge in [0.05, 0.1) is 0 Å². The van der Waals surface area contributed by atoms with E-state index < -0.39 is 0 Å². The third-order valence-corrected chi connectivity index (χ3v) is 3.76. The Morgan fingerprint density at radius 1 is 1.22 bits per heavy atom. The molecule has 4 nitrogen and oxygen atoms in total. The molecule has 0 amide bonds. The number of hydrogen-bond donors (Lipinski definition) is 2. The van der Waals surface area contributed by atoms with Gasteiger partial charge in [0.15, 0.2) is 0 Å². The second kappa shape index (κ2) is 6.57. The van der Waals surface area contributed by atoms with Crippen LogP contribution in [-0.4, -0.2) is 22.6 Å². The Kier molecular flexibility index (Phi) is 4.79. The molecule has 2 N–H and O–H groups in total. The van der Waals surface area contributed by atoms with Crippen molar-refractivity contribution in [1.82, 2.24) is 9.97 Å². The van der Waals surface area contributed by atoms with Crippen molar-refractivity contribution in [2.45, 2.75) is 52.0 Å². The SMILES string of the molecule is CCNc1cc(NC(C)C2CCCCC2)ncn1. The molecule has 1 unspecified atom stereocenters. The monoisotopic (exact) mass is 248 g/mol. The number of rotatable bonds is 5. The molecule has 0 spiro atoms.